The second kappa shape index (κ2) is 6.85. The number of amides is 1. The van der Waals surface area contributed by atoms with Crippen molar-refractivity contribution >= 4 is 5.91 Å². The van der Waals surface area contributed by atoms with Gasteiger partial charge in [-0.2, -0.15) is 8.78 Å². The Morgan fingerprint density at radius 3 is 2.38 bits per heavy atom. The topological polar surface area (TPSA) is 38.8 Å². The minimum Gasteiger partial charge on any atom is -0.435 e. The Hall–Kier alpha value is -1.69. The van der Waals surface area contributed by atoms with E-state index in [4.69, 9.17) is 4.74 Å². The fraction of sp³-hybridized carbons (Fsp3) is 0.533. The fourth-order valence-electron chi connectivity index (χ4n) is 2.46. The van der Waals surface area contributed by atoms with Gasteiger partial charge >= 0.3 is 6.61 Å². The zero-order valence-corrected chi connectivity index (χ0v) is 12.1. The van der Waals surface area contributed by atoms with Gasteiger partial charge in [-0.15, -0.1) is 0 Å². The van der Waals surface area contributed by atoms with Gasteiger partial charge in [0.15, 0.2) is 0 Å². The first kappa shape index (κ1) is 15.7. The summed E-state index contributed by atoms with van der Waals surface area (Å²) in [4.78, 5) is 14.0. The Kier molecular flexibility index (Phi) is 5.12. The second-order valence-electron chi connectivity index (χ2n) is 5.26. The Morgan fingerprint density at radius 2 is 1.86 bits per heavy atom. The van der Waals surface area contributed by atoms with Gasteiger partial charge in [0.1, 0.15) is 5.75 Å². The Labute approximate surface area is 122 Å². The number of ether oxygens (including phenoxy) is 2. The first-order valence-corrected chi connectivity index (χ1v) is 6.91. The highest BCUT2D eigenvalue weighted by atomic mass is 19.3. The van der Waals surface area contributed by atoms with Crippen molar-refractivity contribution in [3.05, 3.63) is 29.8 Å². The molecule has 1 saturated heterocycles. The molecule has 21 heavy (non-hydrogen) atoms. The fourth-order valence-corrected chi connectivity index (χ4v) is 2.46. The lowest BCUT2D eigenvalue weighted by Gasteiger charge is -2.35. The van der Waals surface area contributed by atoms with Gasteiger partial charge in [-0.25, -0.2) is 0 Å². The SMILES string of the molecule is CC1CN(C(=O)Cc2ccc(OC(F)F)cc2)CC(C)O1. The van der Waals surface area contributed by atoms with Crippen LogP contribution in [0.15, 0.2) is 24.3 Å². The molecule has 0 saturated carbocycles. The summed E-state index contributed by atoms with van der Waals surface area (Å²) in [5.74, 6) is 0.106. The largest absolute Gasteiger partial charge is 0.435 e. The number of alkyl halides is 2. The molecule has 2 atom stereocenters. The summed E-state index contributed by atoms with van der Waals surface area (Å²) in [5.41, 5.74) is 0.772. The van der Waals surface area contributed by atoms with Gasteiger partial charge in [-0.3, -0.25) is 4.79 Å². The molecule has 1 aliphatic rings. The molecule has 0 aliphatic carbocycles. The summed E-state index contributed by atoms with van der Waals surface area (Å²) in [5, 5.41) is 0. The molecule has 6 heteroatoms. The second-order valence-corrected chi connectivity index (χ2v) is 5.26. The minimum atomic E-state index is -2.84. The molecule has 0 radical (unpaired) electrons. The van der Waals surface area contributed by atoms with Crippen molar-refractivity contribution in [1.82, 2.24) is 4.90 Å². The van der Waals surface area contributed by atoms with Crippen LogP contribution < -0.4 is 4.74 Å². The maximum absolute atomic E-state index is 12.2. The molecule has 1 amide bonds. The normalized spacial score (nSPS) is 22.4. The summed E-state index contributed by atoms with van der Waals surface area (Å²) in [6.07, 6.45) is 0.299. The smallest absolute Gasteiger partial charge is 0.387 e. The third-order valence-electron chi connectivity index (χ3n) is 3.28. The minimum absolute atomic E-state index is 0.0135. The van der Waals surface area contributed by atoms with Crippen molar-refractivity contribution in [2.75, 3.05) is 13.1 Å². The lowest BCUT2D eigenvalue weighted by molar-refractivity contribution is -0.142. The third-order valence-corrected chi connectivity index (χ3v) is 3.28. The number of hydrogen-bond acceptors (Lipinski definition) is 3. The zero-order chi connectivity index (χ0) is 15.4. The standard InChI is InChI=1S/C15H19F2NO3/c1-10-8-18(9-11(2)20-10)14(19)7-12-3-5-13(6-4-12)21-15(16)17/h3-6,10-11,15H,7-9H2,1-2H3. The van der Waals surface area contributed by atoms with Gasteiger partial charge in [0, 0.05) is 13.1 Å². The summed E-state index contributed by atoms with van der Waals surface area (Å²) < 4.78 is 34.0. The average Bonchev–Trinajstić information content (AvgIpc) is 2.39. The van der Waals surface area contributed by atoms with Crippen molar-refractivity contribution in [3.63, 3.8) is 0 Å². The third kappa shape index (κ3) is 4.67. The maximum Gasteiger partial charge on any atom is 0.387 e. The number of benzene rings is 1. The van der Waals surface area contributed by atoms with Crippen molar-refractivity contribution in [2.24, 2.45) is 0 Å². The molecule has 1 heterocycles. The first-order chi connectivity index (χ1) is 9.94. The van der Waals surface area contributed by atoms with E-state index in [1.165, 1.54) is 12.1 Å². The van der Waals surface area contributed by atoms with E-state index < -0.39 is 6.61 Å². The number of carbonyl (C=O) groups is 1. The van der Waals surface area contributed by atoms with Crippen LogP contribution >= 0.6 is 0 Å². The van der Waals surface area contributed by atoms with Gasteiger partial charge in [0.05, 0.1) is 18.6 Å². The Balaban J connectivity index is 1.93. The summed E-state index contributed by atoms with van der Waals surface area (Å²) >= 11 is 0. The van der Waals surface area contributed by atoms with Gasteiger partial charge in [0.2, 0.25) is 5.91 Å². The van der Waals surface area contributed by atoms with Crippen LogP contribution in [0, 0.1) is 0 Å². The molecule has 116 valence electrons. The van der Waals surface area contributed by atoms with Crippen molar-refractivity contribution in [2.45, 2.75) is 39.1 Å². The van der Waals surface area contributed by atoms with E-state index in [9.17, 15) is 13.6 Å². The van der Waals surface area contributed by atoms with E-state index in [1.54, 1.807) is 17.0 Å². The van der Waals surface area contributed by atoms with Crippen molar-refractivity contribution < 1.29 is 23.0 Å². The van der Waals surface area contributed by atoms with Crippen LogP contribution in [0.4, 0.5) is 8.78 Å². The molecule has 2 rings (SSSR count). The quantitative estimate of drug-likeness (QED) is 0.857. The van der Waals surface area contributed by atoms with E-state index in [1.807, 2.05) is 13.8 Å². The van der Waals surface area contributed by atoms with Crippen LogP contribution in [0.3, 0.4) is 0 Å². The number of hydrogen-bond donors (Lipinski definition) is 0. The van der Waals surface area contributed by atoms with Gasteiger partial charge in [0.25, 0.3) is 0 Å². The van der Waals surface area contributed by atoms with Gasteiger partial charge in [-0.1, -0.05) is 12.1 Å². The highest BCUT2D eigenvalue weighted by Gasteiger charge is 2.25. The van der Waals surface area contributed by atoms with Crippen LogP contribution in [0.2, 0.25) is 0 Å². The van der Waals surface area contributed by atoms with Crippen LogP contribution in [0.25, 0.3) is 0 Å². The zero-order valence-electron chi connectivity index (χ0n) is 12.1. The molecule has 0 bridgehead atoms. The molecule has 0 N–H and O–H groups in total. The number of rotatable bonds is 4. The number of carbonyl (C=O) groups excluding carboxylic acids is 1. The van der Waals surface area contributed by atoms with E-state index in [0.29, 0.717) is 13.1 Å². The Morgan fingerprint density at radius 1 is 1.29 bits per heavy atom. The monoisotopic (exact) mass is 299 g/mol. The number of nitrogens with zero attached hydrogens (tertiary/aromatic N) is 1. The average molecular weight is 299 g/mol. The van der Waals surface area contributed by atoms with Gasteiger partial charge < -0.3 is 14.4 Å². The molecule has 1 aromatic rings. The first-order valence-electron chi connectivity index (χ1n) is 6.91. The van der Waals surface area contributed by atoms with Crippen LogP contribution in [0.1, 0.15) is 19.4 Å². The van der Waals surface area contributed by atoms with Gasteiger partial charge in [-0.05, 0) is 31.5 Å². The molecule has 1 aromatic carbocycles. The van der Waals surface area contributed by atoms with E-state index >= 15 is 0 Å². The summed E-state index contributed by atoms with van der Waals surface area (Å²) in [7, 11) is 0. The van der Waals surface area contributed by atoms with Crippen LogP contribution in [-0.4, -0.2) is 42.7 Å². The molecular weight excluding hydrogens is 280 g/mol. The molecule has 1 aliphatic heterocycles. The predicted molar refractivity (Wildman–Crippen MR) is 73.4 cm³/mol. The van der Waals surface area contributed by atoms with E-state index in [0.717, 1.165) is 5.56 Å². The molecule has 4 nitrogen and oxygen atoms in total. The van der Waals surface area contributed by atoms with Crippen LogP contribution in [-0.2, 0) is 16.0 Å². The predicted octanol–water partition coefficient (Wildman–Crippen LogP) is 2.47. The summed E-state index contributed by atoms with van der Waals surface area (Å²) in [6.45, 7) is 2.19. The van der Waals surface area contributed by atoms with E-state index in [-0.39, 0.29) is 30.3 Å². The van der Waals surface area contributed by atoms with Crippen molar-refractivity contribution in [3.8, 4) is 5.75 Å². The number of morpholine rings is 1. The molecule has 0 spiro atoms. The number of halogens is 2. The lowest BCUT2D eigenvalue weighted by Crippen LogP contribution is -2.48. The molecular formula is C15H19F2NO3. The maximum atomic E-state index is 12.2. The highest BCUT2D eigenvalue weighted by molar-refractivity contribution is 5.79. The highest BCUT2D eigenvalue weighted by Crippen LogP contribution is 2.17. The Bertz CT molecular complexity index is 468. The van der Waals surface area contributed by atoms with E-state index in [2.05, 4.69) is 4.74 Å². The molecule has 0 aromatic heterocycles. The lowest BCUT2D eigenvalue weighted by atomic mass is 10.1. The van der Waals surface area contributed by atoms with Crippen LogP contribution in [0.5, 0.6) is 5.75 Å². The molecule has 2 unspecified atom stereocenters. The van der Waals surface area contributed by atoms with Crippen molar-refractivity contribution in [1.29, 1.82) is 0 Å². The summed E-state index contributed by atoms with van der Waals surface area (Å²) in [6, 6.07) is 6.14. The molecule has 1 fully saturated rings.